The lowest BCUT2D eigenvalue weighted by Gasteiger charge is -1.92. The third-order valence-corrected chi connectivity index (χ3v) is 1.33. The topological polar surface area (TPSA) is 40.5 Å². The molecule has 1 aliphatic carbocycles. The van der Waals surface area contributed by atoms with Crippen LogP contribution in [0.15, 0.2) is 34.8 Å². The zero-order valence-corrected chi connectivity index (χ0v) is 5.26. The lowest BCUT2D eigenvalue weighted by atomic mass is 10.3. The molecule has 0 fully saturated rings. The zero-order valence-electron chi connectivity index (χ0n) is 4.50. The van der Waals surface area contributed by atoms with Gasteiger partial charge < -0.3 is 10.2 Å². The van der Waals surface area contributed by atoms with E-state index < -0.39 is 5.95 Å². The summed E-state index contributed by atoms with van der Waals surface area (Å²) in [5.41, 5.74) is 0.275. The van der Waals surface area contributed by atoms with Crippen LogP contribution >= 0.6 is 11.6 Å². The third-order valence-electron chi connectivity index (χ3n) is 1.00. The summed E-state index contributed by atoms with van der Waals surface area (Å²) < 4.78 is 0. The van der Waals surface area contributed by atoms with E-state index in [-0.39, 0.29) is 5.57 Å². The Morgan fingerprint density at radius 3 is 2.33 bits per heavy atom. The van der Waals surface area contributed by atoms with E-state index in [1.165, 1.54) is 6.08 Å². The Morgan fingerprint density at radius 2 is 2.11 bits per heavy atom. The Kier molecular flexibility index (Phi) is 1.49. The first-order chi connectivity index (χ1) is 4.22. The van der Waals surface area contributed by atoms with Crippen molar-refractivity contribution < 1.29 is 10.2 Å². The monoisotopic (exact) mass is 144 g/mol. The minimum absolute atomic E-state index is 0.275. The molecule has 9 heavy (non-hydrogen) atoms. The Labute approximate surface area is 57.4 Å². The van der Waals surface area contributed by atoms with Crippen LogP contribution in [-0.4, -0.2) is 10.2 Å². The molecule has 0 saturated heterocycles. The summed E-state index contributed by atoms with van der Waals surface area (Å²) >= 11 is 5.49. The summed E-state index contributed by atoms with van der Waals surface area (Å²) in [6.45, 7) is 0. The van der Waals surface area contributed by atoms with Crippen LogP contribution in [0.25, 0.3) is 0 Å². The molecule has 2 nitrogen and oxygen atoms in total. The van der Waals surface area contributed by atoms with Crippen LogP contribution in [0.5, 0.6) is 0 Å². The molecule has 0 saturated carbocycles. The Hall–Kier alpha value is -0.890. The van der Waals surface area contributed by atoms with Crippen LogP contribution in [0.4, 0.5) is 0 Å². The van der Waals surface area contributed by atoms with E-state index in [2.05, 4.69) is 0 Å². The number of rotatable bonds is 0. The molecule has 0 unspecified atom stereocenters. The van der Waals surface area contributed by atoms with Crippen molar-refractivity contribution in [3.63, 3.8) is 0 Å². The summed E-state index contributed by atoms with van der Waals surface area (Å²) in [4.78, 5) is 0. The molecular weight excluding hydrogens is 140 g/mol. The quantitative estimate of drug-likeness (QED) is 0.511. The molecule has 0 aliphatic heterocycles. The van der Waals surface area contributed by atoms with Gasteiger partial charge in [0.05, 0.1) is 10.6 Å². The fourth-order valence-corrected chi connectivity index (χ4v) is 0.800. The lowest BCUT2D eigenvalue weighted by molar-refractivity contribution is 0.188. The first-order valence-corrected chi connectivity index (χ1v) is 2.76. The molecule has 0 bridgehead atoms. The SMILES string of the molecule is OC(O)=C1C=CC=C1Cl. The average molecular weight is 145 g/mol. The fraction of sp³-hybridized carbons (Fsp3) is 0. The predicted molar refractivity (Wildman–Crippen MR) is 35.4 cm³/mol. The number of aliphatic hydroxyl groups is 2. The van der Waals surface area contributed by atoms with E-state index in [1.54, 1.807) is 12.2 Å². The summed E-state index contributed by atoms with van der Waals surface area (Å²) in [5, 5.41) is 17.3. The van der Waals surface area contributed by atoms with Crippen molar-refractivity contribution in [1.29, 1.82) is 0 Å². The lowest BCUT2D eigenvalue weighted by Crippen LogP contribution is -1.83. The van der Waals surface area contributed by atoms with E-state index >= 15 is 0 Å². The Morgan fingerprint density at radius 1 is 1.44 bits per heavy atom. The molecule has 0 aromatic heterocycles. The molecule has 3 heteroatoms. The highest BCUT2D eigenvalue weighted by molar-refractivity contribution is 6.32. The molecule has 0 aromatic carbocycles. The molecule has 2 N–H and O–H groups in total. The van der Waals surface area contributed by atoms with Crippen molar-refractivity contribution in [2.45, 2.75) is 0 Å². The van der Waals surface area contributed by atoms with Gasteiger partial charge in [0.15, 0.2) is 0 Å². The number of hydrogen-bond donors (Lipinski definition) is 2. The van der Waals surface area contributed by atoms with Crippen molar-refractivity contribution in [3.05, 3.63) is 34.8 Å². The maximum absolute atomic E-state index is 8.48. The van der Waals surface area contributed by atoms with Crippen LogP contribution in [0.2, 0.25) is 0 Å². The maximum atomic E-state index is 8.48. The van der Waals surface area contributed by atoms with E-state index in [1.807, 2.05) is 0 Å². The number of hydrogen-bond acceptors (Lipinski definition) is 2. The number of aliphatic hydroxyl groups excluding tert-OH is 1. The van der Waals surface area contributed by atoms with E-state index in [9.17, 15) is 0 Å². The molecule has 48 valence electrons. The molecule has 1 rings (SSSR count). The molecule has 1 aliphatic rings. The van der Waals surface area contributed by atoms with Gasteiger partial charge >= 0.3 is 0 Å². The van der Waals surface area contributed by atoms with Gasteiger partial charge in [-0.15, -0.1) is 0 Å². The smallest absolute Gasteiger partial charge is 0.283 e. The molecule has 0 radical (unpaired) electrons. The first-order valence-electron chi connectivity index (χ1n) is 2.38. The summed E-state index contributed by atoms with van der Waals surface area (Å²) in [5.74, 6) is -0.731. The van der Waals surface area contributed by atoms with Crippen molar-refractivity contribution in [2.24, 2.45) is 0 Å². The molecule has 0 spiro atoms. The molecule has 0 atom stereocenters. The second kappa shape index (κ2) is 2.15. The second-order valence-corrected chi connectivity index (χ2v) is 2.02. The summed E-state index contributed by atoms with van der Waals surface area (Å²) in [6.07, 6.45) is 4.76. The Bertz CT molecular complexity index is 209. The van der Waals surface area contributed by atoms with Crippen molar-refractivity contribution >= 4 is 11.6 Å². The van der Waals surface area contributed by atoms with Crippen LogP contribution in [0.1, 0.15) is 0 Å². The minimum atomic E-state index is -0.731. The maximum Gasteiger partial charge on any atom is 0.283 e. The van der Waals surface area contributed by atoms with Gasteiger partial charge in [0, 0.05) is 0 Å². The molecule has 0 aromatic rings. The van der Waals surface area contributed by atoms with Gasteiger partial charge in [-0.05, 0) is 12.2 Å². The highest BCUT2D eigenvalue weighted by Gasteiger charge is 2.07. The van der Waals surface area contributed by atoms with Crippen molar-refractivity contribution in [1.82, 2.24) is 0 Å². The van der Waals surface area contributed by atoms with Crippen LogP contribution < -0.4 is 0 Å². The van der Waals surface area contributed by atoms with E-state index in [0.29, 0.717) is 5.03 Å². The van der Waals surface area contributed by atoms with Gasteiger partial charge in [0.25, 0.3) is 5.95 Å². The van der Waals surface area contributed by atoms with E-state index in [4.69, 9.17) is 21.8 Å². The summed E-state index contributed by atoms with van der Waals surface area (Å²) in [7, 11) is 0. The first kappa shape index (κ1) is 6.23. The second-order valence-electron chi connectivity index (χ2n) is 1.61. The Balaban J connectivity index is 3.00. The predicted octanol–water partition coefficient (Wildman–Crippen LogP) is 2.01. The standard InChI is InChI=1S/C6H5ClO2/c7-5-3-1-2-4(5)6(8)9/h1-3,8-9H. The third kappa shape index (κ3) is 1.08. The highest BCUT2D eigenvalue weighted by atomic mass is 35.5. The van der Waals surface area contributed by atoms with Gasteiger partial charge in [-0.1, -0.05) is 17.7 Å². The highest BCUT2D eigenvalue weighted by Crippen LogP contribution is 2.22. The normalized spacial score (nSPS) is 16.1. The van der Waals surface area contributed by atoms with Gasteiger partial charge in [-0.2, -0.15) is 0 Å². The van der Waals surface area contributed by atoms with E-state index in [0.717, 1.165) is 0 Å². The van der Waals surface area contributed by atoms with Gasteiger partial charge in [-0.25, -0.2) is 0 Å². The minimum Gasteiger partial charge on any atom is -0.481 e. The summed E-state index contributed by atoms with van der Waals surface area (Å²) in [6, 6.07) is 0. The fourth-order valence-electron chi connectivity index (χ4n) is 0.580. The molecule has 0 amide bonds. The number of allylic oxidation sites excluding steroid dienone is 5. The molecule has 0 heterocycles. The molecular formula is C6H5ClO2. The average Bonchev–Trinajstić information content (AvgIpc) is 2.13. The number of halogens is 1. The van der Waals surface area contributed by atoms with Gasteiger partial charge in [-0.3, -0.25) is 0 Å². The van der Waals surface area contributed by atoms with Gasteiger partial charge in [0.2, 0.25) is 0 Å². The zero-order chi connectivity index (χ0) is 6.85. The van der Waals surface area contributed by atoms with Crippen molar-refractivity contribution in [2.75, 3.05) is 0 Å². The van der Waals surface area contributed by atoms with Gasteiger partial charge in [0.1, 0.15) is 0 Å². The van der Waals surface area contributed by atoms with Crippen LogP contribution in [-0.2, 0) is 0 Å². The largest absolute Gasteiger partial charge is 0.481 e. The van der Waals surface area contributed by atoms with Crippen molar-refractivity contribution in [3.8, 4) is 0 Å². The van der Waals surface area contributed by atoms with Crippen LogP contribution in [0.3, 0.4) is 0 Å². The van der Waals surface area contributed by atoms with Crippen LogP contribution in [0, 0.1) is 0 Å².